The summed E-state index contributed by atoms with van der Waals surface area (Å²) in [5.74, 6) is -0.240. The normalized spacial score (nSPS) is 10.2. The lowest BCUT2D eigenvalue weighted by Crippen LogP contribution is -2.14. The monoisotopic (exact) mass is 287 g/mol. The minimum absolute atomic E-state index is 0.0429. The number of benzene rings is 2. The Bertz CT molecular complexity index is 623. The summed E-state index contributed by atoms with van der Waals surface area (Å²) in [4.78, 5) is 12.1. The Morgan fingerprint density at radius 2 is 1.90 bits per heavy atom. The summed E-state index contributed by atoms with van der Waals surface area (Å²) in [5.41, 5.74) is 1.48. The molecule has 0 aliphatic rings. The van der Waals surface area contributed by atoms with Crippen LogP contribution in [0.15, 0.2) is 42.5 Å². The molecule has 1 N–H and O–H groups in total. The van der Waals surface area contributed by atoms with E-state index in [1.54, 1.807) is 30.3 Å². The van der Waals surface area contributed by atoms with Crippen LogP contribution in [0.4, 0.5) is 10.1 Å². The molecule has 2 aromatic rings. The molecule has 0 heterocycles. The molecule has 3 nitrogen and oxygen atoms in total. The minimum atomic E-state index is -0.527. The molecule has 21 heavy (non-hydrogen) atoms. The fourth-order valence-electron chi connectivity index (χ4n) is 1.87. The van der Waals surface area contributed by atoms with Crippen molar-refractivity contribution in [3.05, 3.63) is 59.4 Å². The van der Waals surface area contributed by atoms with Crippen LogP contribution in [0.3, 0.4) is 0 Å². The number of aryl methyl sites for hydroxylation is 1. The number of hydrogen-bond acceptors (Lipinski definition) is 2. The number of rotatable bonds is 5. The third kappa shape index (κ3) is 4.05. The van der Waals surface area contributed by atoms with Crippen LogP contribution in [0, 0.1) is 12.7 Å². The lowest BCUT2D eigenvalue weighted by molar-refractivity contribution is 0.102. The summed E-state index contributed by atoms with van der Waals surface area (Å²) in [5, 5.41) is 2.68. The smallest absolute Gasteiger partial charge is 0.258 e. The summed E-state index contributed by atoms with van der Waals surface area (Å²) in [6.45, 7) is 4.50. The largest absolute Gasteiger partial charge is 0.494 e. The molecule has 1 amide bonds. The highest BCUT2D eigenvalue weighted by atomic mass is 19.1. The summed E-state index contributed by atoms with van der Waals surface area (Å²) >= 11 is 0. The van der Waals surface area contributed by atoms with Crippen LogP contribution in [0.1, 0.15) is 29.3 Å². The maximum atomic E-state index is 13.6. The fraction of sp³-hybridized carbons (Fsp3) is 0.235. The zero-order chi connectivity index (χ0) is 15.2. The maximum Gasteiger partial charge on any atom is 0.258 e. The average molecular weight is 287 g/mol. The molecule has 4 heteroatoms. The average Bonchev–Trinajstić information content (AvgIpc) is 2.49. The first-order valence-corrected chi connectivity index (χ1v) is 6.90. The van der Waals surface area contributed by atoms with Crippen molar-refractivity contribution in [2.75, 3.05) is 11.9 Å². The Morgan fingerprint density at radius 1 is 1.19 bits per heavy atom. The van der Waals surface area contributed by atoms with E-state index in [1.807, 2.05) is 13.8 Å². The van der Waals surface area contributed by atoms with Crippen LogP contribution in [0.5, 0.6) is 5.75 Å². The van der Waals surface area contributed by atoms with E-state index in [1.165, 1.54) is 12.1 Å². The second kappa shape index (κ2) is 6.88. The minimum Gasteiger partial charge on any atom is -0.494 e. The molecule has 2 aromatic carbocycles. The Balaban J connectivity index is 2.07. The molecular weight excluding hydrogens is 269 g/mol. The van der Waals surface area contributed by atoms with Crippen molar-refractivity contribution in [2.24, 2.45) is 0 Å². The van der Waals surface area contributed by atoms with Gasteiger partial charge in [-0.1, -0.05) is 18.6 Å². The first-order valence-electron chi connectivity index (χ1n) is 6.90. The van der Waals surface area contributed by atoms with E-state index < -0.39 is 11.7 Å². The molecule has 0 aliphatic heterocycles. The highest BCUT2D eigenvalue weighted by Gasteiger charge is 2.12. The molecular formula is C17H18FNO2. The van der Waals surface area contributed by atoms with Crippen molar-refractivity contribution >= 4 is 11.6 Å². The van der Waals surface area contributed by atoms with Gasteiger partial charge in [0, 0.05) is 5.69 Å². The van der Waals surface area contributed by atoms with Crippen LogP contribution < -0.4 is 10.1 Å². The molecule has 0 fully saturated rings. The van der Waals surface area contributed by atoms with E-state index in [9.17, 15) is 9.18 Å². The van der Waals surface area contributed by atoms with E-state index in [0.29, 0.717) is 12.3 Å². The Labute approximate surface area is 123 Å². The second-order valence-corrected chi connectivity index (χ2v) is 4.81. The van der Waals surface area contributed by atoms with Crippen molar-refractivity contribution in [2.45, 2.75) is 20.3 Å². The first-order chi connectivity index (χ1) is 10.1. The highest BCUT2D eigenvalue weighted by molar-refractivity contribution is 6.04. The van der Waals surface area contributed by atoms with Crippen molar-refractivity contribution in [1.29, 1.82) is 0 Å². The molecule has 0 saturated heterocycles. The van der Waals surface area contributed by atoms with Crippen LogP contribution in [0.2, 0.25) is 0 Å². The highest BCUT2D eigenvalue weighted by Crippen LogP contribution is 2.18. The van der Waals surface area contributed by atoms with Gasteiger partial charge >= 0.3 is 0 Å². The Morgan fingerprint density at radius 3 is 2.57 bits per heavy atom. The molecule has 0 atom stereocenters. The quantitative estimate of drug-likeness (QED) is 0.896. The molecule has 0 unspecified atom stereocenters. The first kappa shape index (κ1) is 15.0. The van der Waals surface area contributed by atoms with E-state index in [4.69, 9.17) is 4.74 Å². The number of halogens is 1. The molecule has 0 radical (unpaired) electrons. The summed E-state index contributed by atoms with van der Waals surface area (Å²) in [7, 11) is 0. The Kier molecular flexibility index (Phi) is 4.93. The van der Waals surface area contributed by atoms with Gasteiger partial charge in [-0.05, 0) is 49.7 Å². The predicted molar refractivity (Wildman–Crippen MR) is 81.3 cm³/mol. The van der Waals surface area contributed by atoms with Crippen molar-refractivity contribution < 1.29 is 13.9 Å². The van der Waals surface area contributed by atoms with Gasteiger partial charge in [0.05, 0.1) is 12.2 Å². The number of ether oxygens (including phenoxy) is 1. The van der Waals surface area contributed by atoms with Gasteiger partial charge in [0.1, 0.15) is 11.6 Å². The maximum absolute atomic E-state index is 13.6. The number of carbonyl (C=O) groups is 1. The fourth-order valence-corrected chi connectivity index (χ4v) is 1.87. The zero-order valence-electron chi connectivity index (χ0n) is 12.2. The van der Waals surface area contributed by atoms with Crippen molar-refractivity contribution in [3.63, 3.8) is 0 Å². The number of carbonyl (C=O) groups excluding carboxylic acids is 1. The lowest BCUT2D eigenvalue weighted by atomic mass is 10.1. The number of nitrogens with one attached hydrogen (secondary N) is 1. The molecule has 0 aliphatic carbocycles. The number of amides is 1. The van der Waals surface area contributed by atoms with Crippen molar-refractivity contribution in [3.8, 4) is 5.75 Å². The van der Waals surface area contributed by atoms with Crippen LogP contribution in [-0.2, 0) is 0 Å². The molecule has 0 saturated carbocycles. The summed E-state index contributed by atoms with van der Waals surface area (Å²) in [6.07, 6.45) is 0.936. The van der Waals surface area contributed by atoms with Crippen LogP contribution in [-0.4, -0.2) is 12.5 Å². The molecule has 110 valence electrons. The van der Waals surface area contributed by atoms with E-state index in [2.05, 4.69) is 5.32 Å². The number of hydrogen-bond donors (Lipinski definition) is 1. The van der Waals surface area contributed by atoms with Gasteiger partial charge in [-0.2, -0.15) is 0 Å². The third-order valence-electron chi connectivity index (χ3n) is 2.95. The lowest BCUT2D eigenvalue weighted by Gasteiger charge is -2.08. The molecule has 0 aromatic heterocycles. The predicted octanol–water partition coefficient (Wildman–Crippen LogP) is 4.18. The second-order valence-electron chi connectivity index (χ2n) is 4.81. The zero-order valence-corrected chi connectivity index (χ0v) is 12.2. The Hall–Kier alpha value is -2.36. The summed E-state index contributed by atoms with van der Waals surface area (Å²) < 4.78 is 19.1. The molecule has 0 bridgehead atoms. The van der Waals surface area contributed by atoms with Gasteiger partial charge in [0.25, 0.3) is 5.91 Å². The van der Waals surface area contributed by atoms with E-state index >= 15 is 0 Å². The van der Waals surface area contributed by atoms with Crippen molar-refractivity contribution in [1.82, 2.24) is 0 Å². The third-order valence-corrected chi connectivity index (χ3v) is 2.95. The van der Waals surface area contributed by atoms with Gasteiger partial charge in [-0.3, -0.25) is 4.79 Å². The van der Waals surface area contributed by atoms with E-state index in [-0.39, 0.29) is 5.56 Å². The standard InChI is InChI=1S/C17H18FNO2/c1-3-10-21-14-7-5-13(6-8-14)19-17(20)15-11-12(2)4-9-16(15)18/h4-9,11H,3,10H2,1-2H3,(H,19,20). The topological polar surface area (TPSA) is 38.3 Å². The van der Waals surface area contributed by atoms with Gasteiger partial charge in [-0.25, -0.2) is 4.39 Å². The van der Waals surface area contributed by atoms with Crippen LogP contribution in [0.25, 0.3) is 0 Å². The van der Waals surface area contributed by atoms with E-state index in [0.717, 1.165) is 17.7 Å². The van der Waals surface area contributed by atoms with Gasteiger partial charge < -0.3 is 10.1 Å². The number of anilines is 1. The van der Waals surface area contributed by atoms with Crippen LogP contribution >= 0.6 is 0 Å². The van der Waals surface area contributed by atoms with Gasteiger partial charge in [0.15, 0.2) is 0 Å². The molecule has 2 rings (SSSR count). The summed E-state index contributed by atoms with van der Waals surface area (Å²) in [6, 6.07) is 11.5. The van der Waals surface area contributed by atoms with Gasteiger partial charge in [0.2, 0.25) is 0 Å². The molecule has 0 spiro atoms. The SMILES string of the molecule is CCCOc1ccc(NC(=O)c2cc(C)ccc2F)cc1. The van der Waals surface area contributed by atoms with Gasteiger partial charge in [-0.15, -0.1) is 0 Å².